The van der Waals surface area contributed by atoms with E-state index < -0.39 is 5.97 Å². The number of hydrogen-bond acceptors (Lipinski definition) is 4. The second kappa shape index (κ2) is 9.32. The number of phenolic OH excluding ortho intramolecular Hbond substituents is 1. The number of aromatic nitrogens is 1. The van der Waals surface area contributed by atoms with Crippen molar-refractivity contribution in [1.29, 1.82) is 0 Å². The Labute approximate surface area is 212 Å². The molecule has 3 aromatic carbocycles. The molecule has 6 nitrogen and oxygen atoms in total. The number of carboxylic acid groups (broad SMARTS) is 1. The Balaban J connectivity index is 1.53. The van der Waals surface area contributed by atoms with Crippen molar-refractivity contribution in [2.75, 3.05) is 5.32 Å². The lowest BCUT2D eigenvalue weighted by atomic mass is 9.97. The molecule has 0 aliphatic carbocycles. The van der Waals surface area contributed by atoms with Crippen LogP contribution in [0.2, 0.25) is 5.02 Å². The average molecular weight is 497 g/mol. The summed E-state index contributed by atoms with van der Waals surface area (Å²) >= 11 is 6.56. The molecule has 0 atom stereocenters. The van der Waals surface area contributed by atoms with Gasteiger partial charge in [0.2, 0.25) is 0 Å². The number of carbonyl (C=O) groups is 2. The fraction of sp³-hybridized carbons (Fsp3) is 0.0690. The molecule has 7 heteroatoms. The van der Waals surface area contributed by atoms with E-state index >= 15 is 0 Å². The number of phenols is 1. The first-order chi connectivity index (χ1) is 17.3. The van der Waals surface area contributed by atoms with Crippen LogP contribution in [0, 0.1) is 6.92 Å². The summed E-state index contributed by atoms with van der Waals surface area (Å²) in [5.41, 5.74) is 6.78. The molecule has 1 aliphatic heterocycles. The number of aryl methyl sites for hydroxylation is 1. The van der Waals surface area contributed by atoms with Crippen LogP contribution in [0.1, 0.15) is 22.3 Å². The molecular weight excluding hydrogens is 476 g/mol. The lowest BCUT2D eigenvalue weighted by Crippen LogP contribution is -2.04. The van der Waals surface area contributed by atoms with Crippen molar-refractivity contribution in [2.24, 2.45) is 0 Å². The van der Waals surface area contributed by atoms with Gasteiger partial charge in [0, 0.05) is 34.0 Å². The van der Waals surface area contributed by atoms with E-state index in [-0.39, 0.29) is 18.1 Å². The van der Waals surface area contributed by atoms with Gasteiger partial charge in [-0.25, -0.2) is 0 Å². The summed E-state index contributed by atoms with van der Waals surface area (Å²) in [7, 11) is 0. The number of carbonyl (C=O) groups excluding carboxylic acids is 1. The quantitative estimate of drug-likeness (QED) is 0.285. The molecule has 1 aromatic heterocycles. The number of rotatable bonds is 5. The number of fused-ring (bicyclic) bond motifs is 1. The molecule has 1 amide bonds. The van der Waals surface area contributed by atoms with Crippen molar-refractivity contribution in [2.45, 2.75) is 13.3 Å². The van der Waals surface area contributed by atoms with Gasteiger partial charge in [0.25, 0.3) is 5.91 Å². The summed E-state index contributed by atoms with van der Waals surface area (Å²) in [6, 6.07) is 19.7. The molecule has 0 saturated carbocycles. The normalized spacial score (nSPS) is 13.5. The molecule has 3 N–H and O–H groups in total. The van der Waals surface area contributed by atoms with Crippen LogP contribution >= 0.6 is 11.6 Å². The highest BCUT2D eigenvalue weighted by Gasteiger charge is 2.26. The van der Waals surface area contributed by atoms with Crippen LogP contribution < -0.4 is 5.32 Å². The third-order valence-electron chi connectivity index (χ3n) is 6.17. The van der Waals surface area contributed by atoms with E-state index in [0.717, 1.165) is 16.7 Å². The van der Waals surface area contributed by atoms with Gasteiger partial charge in [-0.3, -0.25) is 14.6 Å². The highest BCUT2D eigenvalue weighted by Crippen LogP contribution is 2.40. The predicted molar refractivity (Wildman–Crippen MR) is 141 cm³/mol. The van der Waals surface area contributed by atoms with Crippen LogP contribution in [0.5, 0.6) is 5.75 Å². The number of pyridine rings is 1. The summed E-state index contributed by atoms with van der Waals surface area (Å²) in [5, 5.41) is 22.6. The van der Waals surface area contributed by atoms with E-state index in [2.05, 4.69) is 10.3 Å². The van der Waals surface area contributed by atoms with Crippen LogP contribution in [0.4, 0.5) is 5.69 Å². The Kier molecular flexibility index (Phi) is 6.04. The van der Waals surface area contributed by atoms with Gasteiger partial charge in [-0.1, -0.05) is 54.1 Å². The van der Waals surface area contributed by atoms with Crippen LogP contribution in [-0.4, -0.2) is 27.1 Å². The summed E-state index contributed by atoms with van der Waals surface area (Å²) < 4.78 is 0. The van der Waals surface area contributed by atoms with Crippen molar-refractivity contribution >= 4 is 40.8 Å². The second-order valence-corrected chi connectivity index (χ2v) is 9.00. The zero-order valence-electron chi connectivity index (χ0n) is 19.2. The SMILES string of the molecule is Cc1ccc(C=C2C(=O)Nc3cc(Cl)c(-c4ccc(-c5ccccc5O)cn4)cc32)cc1CC(=O)O. The van der Waals surface area contributed by atoms with Crippen molar-refractivity contribution in [3.8, 4) is 28.1 Å². The lowest BCUT2D eigenvalue weighted by molar-refractivity contribution is -0.136. The maximum Gasteiger partial charge on any atom is 0.307 e. The number of hydrogen-bond donors (Lipinski definition) is 3. The van der Waals surface area contributed by atoms with Crippen molar-refractivity contribution in [3.63, 3.8) is 0 Å². The average Bonchev–Trinajstić information content (AvgIpc) is 3.14. The van der Waals surface area contributed by atoms with E-state index in [1.807, 2.05) is 49.4 Å². The highest BCUT2D eigenvalue weighted by atomic mass is 35.5. The number of para-hydroxylation sites is 1. The number of aromatic hydroxyl groups is 1. The van der Waals surface area contributed by atoms with E-state index in [0.29, 0.717) is 44.2 Å². The molecule has 4 aromatic rings. The first-order valence-corrected chi connectivity index (χ1v) is 11.6. The monoisotopic (exact) mass is 496 g/mol. The number of halogens is 1. The third kappa shape index (κ3) is 4.46. The zero-order chi connectivity index (χ0) is 25.4. The van der Waals surface area contributed by atoms with Crippen LogP contribution in [0.15, 0.2) is 72.9 Å². The molecule has 0 bridgehead atoms. The van der Waals surface area contributed by atoms with Crippen molar-refractivity contribution in [3.05, 3.63) is 100 Å². The van der Waals surface area contributed by atoms with Crippen LogP contribution in [0.25, 0.3) is 34.0 Å². The number of amides is 1. The molecule has 0 saturated heterocycles. The Morgan fingerprint density at radius 2 is 1.83 bits per heavy atom. The molecule has 5 rings (SSSR count). The largest absolute Gasteiger partial charge is 0.507 e. The number of nitrogens with zero attached hydrogens (tertiary/aromatic N) is 1. The van der Waals surface area contributed by atoms with E-state index in [4.69, 9.17) is 11.6 Å². The van der Waals surface area contributed by atoms with Crippen LogP contribution in [-0.2, 0) is 16.0 Å². The second-order valence-electron chi connectivity index (χ2n) is 8.60. The van der Waals surface area contributed by atoms with Gasteiger partial charge in [0.1, 0.15) is 5.75 Å². The summed E-state index contributed by atoms with van der Waals surface area (Å²) in [6.07, 6.45) is 3.33. The Bertz CT molecular complexity index is 1560. The molecule has 36 heavy (non-hydrogen) atoms. The summed E-state index contributed by atoms with van der Waals surface area (Å²) in [4.78, 5) is 28.6. The standard InChI is InChI=1S/C29H21ClN2O4/c1-16-6-7-17(10-19(16)12-28(34)35)11-22-21-13-23(24(30)14-26(21)32-29(22)36)25-9-8-18(15-31-25)20-4-2-3-5-27(20)33/h2-11,13-15,33H,12H2,1H3,(H,32,36)(H,34,35). The number of nitrogens with one attached hydrogen (secondary N) is 1. The number of benzene rings is 3. The molecular formula is C29H21ClN2O4. The first kappa shape index (κ1) is 23.3. The van der Waals surface area contributed by atoms with Gasteiger partial charge in [0.15, 0.2) is 0 Å². The molecule has 0 fully saturated rings. The Morgan fingerprint density at radius 3 is 2.56 bits per heavy atom. The minimum atomic E-state index is -0.910. The zero-order valence-corrected chi connectivity index (χ0v) is 20.0. The molecule has 2 heterocycles. The van der Waals surface area contributed by atoms with Gasteiger partial charge >= 0.3 is 5.97 Å². The van der Waals surface area contributed by atoms with Gasteiger partial charge in [0.05, 0.1) is 22.8 Å². The smallest absolute Gasteiger partial charge is 0.307 e. The molecule has 178 valence electrons. The number of carboxylic acids is 1. The maximum atomic E-state index is 12.8. The maximum absolute atomic E-state index is 12.8. The van der Waals surface area contributed by atoms with E-state index in [9.17, 15) is 19.8 Å². The van der Waals surface area contributed by atoms with Crippen LogP contribution in [0.3, 0.4) is 0 Å². The van der Waals surface area contributed by atoms with E-state index in [1.54, 1.807) is 36.5 Å². The van der Waals surface area contributed by atoms with Gasteiger partial charge in [-0.15, -0.1) is 0 Å². The van der Waals surface area contributed by atoms with Gasteiger partial charge < -0.3 is 15.5 Å². The lowest BCUT2D eigenvalue weighted by Gasteiger charge is -2.09. The predicted octanol–water partition coefficient (Wildman–Crippen LogP) is 6.20. The minimum absolute atomic E-state index is 0.0895. The van der Waals surface area contributed by atoms with Gasteiger partial charge in [-0.05, 0) is 54.0 Å². The van der Waals surface area contributed by atoms with E-state index in [1.165, 1.54) is 0 Å². The fourth-order valence-corrected chi connectivity index (χ4v) is 4.54. The Morgan fingerprint density at radius 1 is 1.03 bits per heavy atom. The molecule has 0 unspecified atom stereocenters. The van der Waals surface area contributed by atoms with Crippen molar-refractivity contribution in [1.82, 2.24) is 4.98 Å². The fourth-order valence-electron chi connectivity index (χ4n) is 4.28. The highest BCUT2D eigenvalue weighted by molar-refractivity contribution is 6.38. The minimum Gasteiger partial charge on any atom is -0.507 e. The number of aliphatic carboxylic acids is 1. The first-order valence-electron chi connectivity index (χ1n) is 11.2. The molecule has 1 aliphatic rings. The van der Waals surface area contributed by atoms with Gasteiger partial charge in [-0.2, -0.15) is 0 Å². The third-order valence-corrected chi connectivity index (χ3v) is 6.48. The molecule has 0 spiro atoms. The van der Waals surface area contributed by atoms with Crippen molar-refractivity contribution < 1.29 is 19.8 Å². The molecule has 0 radical (unpaired) electrons. The summed E-state index contributed by atoms with van der Waals surface area (Å²) in [5.74, 6) is -1.00. The summed E-state index contributed by atoms with van der Waals surface area (Å²) in [6.45, 7) is 1.86. The number of anilines is 1. The topological polar surface area (TPSA) is 99.5 Å². The Hall–Kier alpha value is -4.42.